The normalized spacial score (nSPS) is 25.2. The molecule has 0 spiro atoms. The van der Waals surface area contributed by atoms with Crippen molar-refractivity contribution in [1.29, 1.82) is 0 Å². The molecule has 5 atom stereocenters. The average molecular weight is 464 g/mol. The minimum Gasteiger partial charge on any atom is -0.496 e. The van der Waals surface area contributed by atoms with E-state index < -0.39 is 42.7 Å². The van der Waals surface area contributed by atoms with Crippen molar-refractivity contribution < 1.29 is 48.5 Å². The molecule has 11 heteroatoms. The number of hydrogen-bond acceptors (Lipinski definition) is 11. The van der Waals surface area contributed by atoms with Crippen LogP contribution in [0.25, 0.3) is 21.9 Å². The minimum absolute atomic E-state index is 0.00758. The van der Waals surface area contributed by atoms with Crippen LogP contribution in [0.4, 0.5) is 0 Å². The highest BCUT2D eigenvalue weighted by Gasteiger charge is 2.45. The van der Waals surface area contributed by atoms with Gasteiger partial charge in [-0.1, -0.05) is 0 Å². The van der Waals surface area contributed by atoms with E-state index in [9.17, 15) is 25.2 Å². The van der Waals surface area contributed by atoms with Crippen LogP contribution in [-0.4, -0.2) is 79.1 Å². The topological polar surface area (TPSA) is 157 Å². The van der Waals surface area contributed by atoms with E-state index in [4.69, 9.17) is 28.1 Å². The van der Waals surface area contributed by atoms with Crippen LogP contribution >= 0.6 is 0 Å². The van der Waals surface area contributed by atoms with Gasteiger partial charge in [0.2, 0.25) is 11.7 Å². The molecule has 1 fully saturated rings. The predicted octanol–water partition coefficient (Wildman–Crippen LogP) is 0.151. The van der Waals surface area contributed by atoms with Gasteiger partial charge in [-0.25, -0.2) is 0 Å². The number of aliphatic hydroxyl groups excluding tert-OH is 4. The number of hydrogen-bond donors (Lipinski definition) is 4. The van der Waals surface area contributed by atoms with Crippen LogP contribution in [0.2, 0.25) is 0 Å². The Labute approximate surface area is 187 Å². The first-order chi connectivity index (χ1) is 15.8. The number of methoxy groups -OCH3 is 3. The van der Waals surface area contributed by atoms with Gasteiger partial charge in [0, 0.05) is 12.1 Å². The van der Waals surface area contributed by atoms with E-state index in [1.54, 1.807) is 12.1 Å². The highest BCUT2D eigenvalue weighted by atomic mass is 16.7. The molecule has 0 amide bonds. The smallest absolute Gasteiger partial charge is 0.229 e. The van der Waals surface area contributed by atoms with Gasteiger partial charge >= 0.3 is 0 Å². The van der Waals surface area contributed by atoms with Crippen LogP contribution in [0.5, 0.6) is 23.0 Å². The van der Waals surface area contributed by atoms with Crippen LogP contribution in [0, 0.1) is 0 Å². The van der Waals surface area contributed by atoms with Crippen molar-refractivity contribution in [3.05, 3.63) is 34.5 Å². The SMILES string of the molecule is COc1cc(OC2OC(CO)C(O)C(O)C2O)c2c(=O)c3c(OC)ccc(OC)c3oc2c1. The zero-order chi connectivity index (χ0) is 23.9. The van der Waals surface area contributed by atoms with Gasteiger partial charge in [0.25, 0.3) is 0 Å². The molecule has 33 heavy (non-hydrogen) atoms. The van der Waals surface area contributed by atoms with Crippen molar-refractivity contribution in [2.45, 2.75) is 30.7 Å². The molecule has 0 aliphatic carbocycles. The fourth-order valence-electron chi connectivity index (χ4n) is 3.80. The van der Waals surface area contributed by atoms with Crippen LogP contribution in [-0.2, 0) is 4.74 Å². The third-order valence-corrected chi connectivity index (χ3v) is 5.56. The average Bonchev–Trinajstić information content (AvgIpc) is 2.83. The molecule has 1 aliphatic heterocycles. The van der Waals surface area contributed by atoms with Gasteiger partial charge in [-0.2, -0.15) is 0 Å². The Bertz CT molecular complexity index is 1220. The van der Waals surface area contributed by atoms with Gasteiger partial charge in [0.05, 0.1) is 27.9 Å². The zero-order valence-corrected chi connectivity index (χ0v) is 18.0. The maximum Gasteiger partial charge on any atom is 0.229 e. The number of ether oxygens (including phenoxy) is 5. The van der Waals surface area contributed by atoms with Gasteiger partial charge < -0.3 is 48.5 Å². The van der Waals surface area contributed by atoms with E-state index in [0.29, 0.717) is 5.75 Å². The second-order valence-corrected chi connectivity index (χ2v) is 7.42. The zero-order valence-electron chi connectivity index (χ0n) is 18.0. The Morgan fingerprint density at radius 1 is 0.879 bits per heavy atom. The molecule has 2 heterocycles. The Hall–Kier alpha value is -3.09. The monoisotopic (exact) mass is 464 g/mol. The summed E-state index contributed by atoms with van der Waals surface area (Å²) >= 11 is 0. The van der Waals surface area contributed by atoms with Crippen molar-refractivity contribution in [2.24, 2.45) is 0 Å². The minimum atomic E-state index is -1.67. The standard InChI is InChI=1S/C22H24O11/c1-28-9-6-12-15(18(25)16-10(29-2)4-5-11(30-3)21(16)31-12)13(7-9)32-22-20(27)19(26)17(24)14(8-23)33-22/h4-7,14,17,19-20,22-24,26-27H,8H2,1-3H3. The summed E-state index contributed by atoms with van der Waals surface area (Å²) in [5, 5.41) is 40.0. The summed E-state index contributed by atoms with van der Waals surface area (Å²) in [7, 11) is 4.25. The number of benzene rings is 2. The summed E-state index contributed by atoms with van der Waals surface area (Å²) < 4.78 is 33.1. The lowest BCUT2D eigenvalue weighted by atomic mass is 9.99. The molecule has 0 bridgehead atoms. The molecular weight excluding hydrogens is 440 g/mol. The van der Waals surface area contributed by atoms with Crippen LogP contribution in [0.1, 0.15) is 0 Å². The number of aliphatic hydroxyl groups is 4. The predicted molar refractivity (Wildman–Crippen MR) is 114 cm³/mol. The first-order valence-electron chi connectivity index (χ1n) is 10.0. The van der Waals surface area contributed by atoms with E-state index in [1.165, 1.54) is 33.5 Å². The first kappa shape index (κ1) is 23.1. The van der Waals surface area contributed by atoms with Crippen molar-refractivity contribution in [3.63, 3.8) is 0 Å². The highest BCUT2D eigenvalue weighted by molar-refractivity contribution is 5.98. The summed E-state index contributed by atoms with van der Waals surface area (Å²) in [5.74, 6) is 0.751. The highest BCUT2D eigenvalue weighted by Crippen LogP contribution is 2.38. The lowest BCUT2D eigenvalue weighted by Crippen LogP contribution is -2.60. The molecular formula is C22H24O11. The molecule has 1 saturated heterocycles. The molecule has 0 saturated carbocycles. The van der Waals surface area contributed by atoms with E-state index in [-0.39, 0.29) is 39.2 Å². The second kappa shape index (κ2) is 9.04. The summed E-state index contributed by atoms with van der Waals surface area (Å²) in [6.45, 7) is -0.632. The molecule has 4 rings (SSSR count). The lowest BCUT2D eigenvalue weighted by Gasteiger charge is -2.39. The largest absolute Gasteiger partial charge is 0.496 e. The molecule has 4 N–H and O–H groups in total. The van der Waals surface area contributed by atoms with Crippen molar-refractivity contribution >= 4 is 21.9 Å². The molecule has 11 nitrogen and oxygen atoms in total. The van der Waals surface area contributed by atoms with Crippen LogP contribution < -0.4 is 24.4 Å². The molecule has 0 radical (unpaired) electrons. The lowest BCUT2D eigenvalue weighted by molar-refractivity contribution is -0.277. The number of fused-ring (bicyclic) bond motifs is 2. The summed E-state index contributed by atoms with van der Waals surface area (Å²) in [4.78, 5) is 13.6. The van der Waals surface area contributed by atoms with E-state index in [0.717, 1.165) is 0 Å². The fraction of sp³-hybridized carbons (Fsp3) is 0.409. The van der Waals surface area contributed by atoms with Gasteiger partial charge in [0.15, 0.2) is 11.3 Å². The van der Waals surface area contributed by atoms with Gasteiger partial charge in [-0.15, -0.1) is 0 Å². The van der Waals surface area contributed by atoms with E-state index in [2.05, 4.69) is 0 Å². The summed E-state index contributed by atoms with van der Waals surface area (Å²) in [5.41, 5.74) is -0.261. The maximum atomic E-state index is 13.6. The first-order valence-corrected chi connectivity index (χ1v) is 10.0. The fourth-order valence-corrected chi connectivity index (χ4v) is 3.80. The third-order valence-electron chi connectivity index (χ3n) is 5.56. The maximum absolute atomic E-state index is 13.6. The van der Waals surface area contributed by atoms with Crippen LogP contribution in [0.15, 0.2) is 33.5 Å². The Balaban J connectivity index is 1.93. The van der Waals surface area contributed by atoms with E-state index in [1.807, 2.05) is 0 Å². The molecule has 3 aromatic rings. The molecule has 178 valence electrons. The van der Waals surface area contributed by atoms with Crippen molar-refractivity contribution in [3.8, 4) is 23.0 Å². The number of rotatable bonds is 6. The third kappa shape index (κ3) is 3.83. The Morgan fingerprint density at radius 3 is 2.21 bits per heavy atom. The molecule has 1 aromatic heterocycles. The molecule has 1 aliphatic rings. The Morgan fingerprint density at radius 2 is 1.58 bits per heavy atom. The summed E-state index contributed by atoms with van der Waals surface area (Å²) in [6, 6.07) is 6.03. The quantitative estimate of drug-likeness (QED) is 0.368. The van der Waals surface area contributed by atoms with Crippen molar-refractivity contribution in [1.82, 2.24) is 0 Å². The Kier molecular flexibility index (Phi) is 6.32. The van der Waals surface area contributed by atoms with E-state index >= 15 is 0 Å². The molecule has 5 unspecified atom stereocenters. The molecule has 2 aromatic carbocycles. The second-order valence-electron chi connectivity index (χ2n) is 7.42. The summed E-state index contributed by atoms with van der Waals surface area (Å²) in [6.07, 6.45) is -7.59. The van der Waals surface area contributed by atoms with Gasteiger partial charge in [-0.05, 0) is 12.1 Å². The van der Waals surface area contributed by atoms with Gasteiger partial charge in [-0.3, -0.25) is 4.79 Å². The van der Waals surface area contributed by atoms with Crippen LogP contribution in [0.3, 0.4) is 0 Å². The van der Waals surface area contributed by atoms with Crippen molar-refractivity contribution in [2.75, 3.05) is 27.9 Å². The van der Waals surface area contributed by atoms with Gasteiger partial charge in [0.1, 0.15) is 58.0 Å².